The molecule has 0 spiro atoms. The summed E-state index contributed by atoms with van der Waals surface area (Å²) in [4.78, 5) is 4.31. The van der Waals surface area contributed by atoms with Crippen LogP contribution in [0.4, 0.5) is 17.6 Å². The van der Waals surface area contributed by atoms with Crippen LogP contribution >= 0.6 is 0 Å². The summed E-state index contributed by atoms with van der Waals surface area (Å²) in [5.41, 5.74) is 3.74. The van der Waals surface area contributed by atoms with Gasteiger partial charge in [-0.1, -0.05) is 12.6 Å². The van der Waals surface area contributed by atoms with Crippen molar-refractivity contribution >= 4 is 16.9 Å². The van der Waals surface area contributed by atoms with Gasteiger partial charge in [-0.05, 0) is 66.7 Å². The molecule has 1 heterocycles. The summed E-state index contributed by atoms with van der Waals surface area (Å²) in [6.07, 6.45) is 3.83. The molecule has 1 aromatic heterocycles. The van der Waals surface area contributed by atoms with E-state index in [2.05, 4.69) is 11.6 Å². The summed E-state index contributed by atoms with van der Waals surface area (Å²) >= 11 is 0. The Morgan fingerprint density at radius 1 is 1.00 bits per heavy atom. The molecule has 0 saturated carbocycles. The van der Waals surface area contributed by atoms with Crippen molar-refractivity contribution in [3.05, 3.63) is 100 Å². The van der Waals surface area contributed by atoms with Gasteiger partial charge in [0.15, 0.2) is 0 Å². The molecule has 7 heteroatoms. The van der Waals surface area contributed by atoms with Crippen LogP contribution in [0.25, 0.3) is 16.9 Å². The van der Waals surface area contributed by atoms with Crippen LogP contribution in [-0.2, 0) is 6.61 Å². The first-order valence-corrected chi connectivity index (χ1v) is 10.4. The lowest BCUT2D eigenvalue weighted by Gasteiger charge is -2.15. The number of halogens is 4. The highest BCUT2D eigenvalue weighted by molar-refractivity contribution is 5.94. The molecular weight excluding hydrogens is 434 g/mol. The SMILES string of the molecule is C=C(O)c1cc(C2=C(c3cc(C)cnc3OCc3c(F)cc(F)cc3F)CCC2)ccc1F. The minimum absolute atomic E-state index is 0.0207. The second kappa shape index (κ2) is 9.10. The fourth-order valence-electron chi connectivity index (χ4n) is 4.03. The van der Waals surface area contributed by atoms with E-state index in [1.54, 1.807) is 18.3 Å². The van der Waals surface area contributed by atoms with Crippen LogP contribution in [0.1, 0.15) is 47.1 Å². The molecule has 4 rings (SSSR count). The number of aliphatic hydroxyl groups is 1. The number of aliphatic hydroxyl groups excluding tert-OH is 1. The third kappa shape index (κ3) is 4.62. The second-order valence-corrected chi connectivity index (χ2v) is 7.95. The molecule has 3 nitrogen and oxygen atoms in total. The Balaban J connectivity index is 1.74. The molecule has 1 N–H and O–H groups in total. The number of hydrogen-bond donors (Lipinski definition) is 1. The zero-order valence-electron chi connectivity index (χ0n) is 17.9. The van der Waals surface area contributed by atoms with Crippen LogP contribution in [0.5, 0.6) is 5.88 Å². The highest BCUT2D eigenvalue weighted by atomic mass is 19.1. The minimum atomic E-state index is -1.04. The molecule has 170 valence electrons. The summed E-state index contributed by atoms with van der Waals surface area (Å²) in [5, 5.41) is 9.71. The van der Waals surface area contributed by atoms with E-state index in [0.29, 0.717) is 30.5 Å². The smallest absolute Gasteiger partial charge is 0.221 e. The molecule has 3 aromatic rings. The third-order valence-corrected chi connectivity index (χ3v) is 5.62. The van der Waals surface area contributed by atoms with Crippen LogP contribution in [0, 0.1) is 30.2 Å². The number of benzene rings is 2. The van der Waals surface area contributed by atoms with E-state index in [9.17, 15) is 22.7 Å². The van der Waals surface area contributed by atoms with E-state index in [4.69, 9.17) is 4.74 Å². The zero-order chi connectivity index (χ0) is 23.7. The molecule has 0 radical (unpaired) electrons. The lowest BCUT2D eigenvalue weighted by molar-refractivity contribution is 0.279. The Bertz CT molecular complexity index is 1260. The van der Waals surface area contributed by atoms with Crippen molar-refractivity contribution in [1.29, 1.82) is 0 Å². The first-order chi connectivity index (χ1) is 15.7. The normalized spacial score (nSPS) is 13.5. The standard InChI is InChI=1S/C26H21F4NO2/c1-14-8-21(26(31-12-14)33-13-22-24(29)10-17(27)11-25(22)30)19-5-3-4-18(19)16-6-7-23(28)20(9-16)15(2)32/h6-12,32H,2-5,13H2,1H3. The summed E-state index contributed by atoms with van der Waals surface area (Å²) in [5.74, 6) is -3.83. The Hall–Kier alpha value is -3.61. The van der Waals surface area contributed by atoms with Crippen LogP contribution in [0.3, 0.4) is 0 Å². The summed E-state index contributed by atoms with van der Waals surface area (Å²) in [6, 6.07) is 7.53. The van der Waals surface area contributed by atoms with Gasteiger partial charge in [0, 0.05) is 23.9 Å². The van der Waals surface area contributed by atoms with Gasteiger partial charge in [0.05, 0.1) is 11.1 Å². The van der Waals surface area contributed by atoms with Gasteiger partial charge in [-0.15, -0.1) is 0 Å². The molecule has 0 fully saturated rings. The Morgan fingerprint density at radius 2 is 1.70 bits per heavy atom. The maximum atomic E-state index is 14.1. The molecule has 1 aliphatic rings. The topological polar surface area (TPSA) is 42.4 Å². The minimum Gasteiger partial charge on any atom is -0.508 e. The van der Waals surface area contributed by atoms with E-state index < -0.39 is 35.4 Å². The number of allylic oxidation sites excluding steroid dienone is 2. The first-order valence-electron chi connectivity index (χ1n) is 10.4. The maximum Gasteiger partial charge on any atom is 0.221 e. The largest absolute Gasteiger partial charge is 0.508 e. The van der Waals surface area contributed by atoms with Gasteiger partial charge in [0.25, 0.3) is 0 Å². The van der Waals surface area contributed by atoms with Gasteiger partial charge in [0.2, 0.25) is 5.88 Å². The van der Waals surface area contributed by atoms with Crippen molar-refractivity contribution in [2.75, 3.05) is 0 Å². The quantitative estimate of drug-likeness (QED) is 0.317. The van der Waals surface area contributed by atoms with Crippen LogP contribution in [0.15, 0.2) is 49.2 Å². The zero-order valence-corrected chi connectivity index (χ0v) is 17.9. The molecule has 0 bridgehead atoms. The van der Waals surface area contributed by atoms with Crippen molar-refractivity contribution in [3.8, 4) is 5.88 Å². The highest BCUT2D eigenvalue weighted by Gasteiger charge is 2.23. The maximum absolute atomic E-state index is 14.1. The van der Waals surface area contributed by atoms with Crippen LogP contribution < -0.4 is 4.74 Å². The summed E-state index contributed by atoms with van der Waals surface area (Å²) in [7, 11) is 0. The van der Waals surface area contributed by atoms with Gasteiger partial charge >= 0.3 is 0 Å². The number of rotatable bonds is 6. The molecule has 33 heavy (non-hydrogen) atoms. The Labute approximate surface area is 188 Å². The lowest BCUT2D eigenvalue weighted by Crippen LogP contribution is -2.06. The van der Waals surface area contributed by atoms with Gasteiger partial charge in [-0.2, -0.15) is 0 Å². The summed E-state index contributed by atoms with van der Waals surface area (Å²) < 4.78 is 61.0. The Morgan fingerprint density at radius 3 is 2.39 bits per heavy atom. The van der Waals surface area contributed by atoms with E-state index in [-0.39, 0.29) is 17.2 Å². The van der Waals surface area contributed by atoms with E-state index in [1.807, 2.05) is 13.0 Å². The molecule has 1 aliphatic carbocycles. The average molecular weight is 455 g/mol. The monoisotopic (exact) mass is 455 g/mol. The van der Waals surface area contributed by atoms with Crippen LogP contribution in [-0.4, -0.2) is 10.1 Å². The number of hydrogen-bond acceptors (Lipinski definition) is 3. The molecular formula is C26H21F4NO2. The van der Waals surface area contributed by atoms with Crippen molar-refractivity contribution in [1.82, 2.24) is 4.98 Å². The molecule has 0 unspecified atom stereocenters. The number of pyridine rings is 1. The van der Waals surface area contributed by atoms with E-state index in [1.165, 1.54) is 6.07 Å². The van der Waals surface area contributed by atoms with Crippen LogP contribution in [0.2, 0.25) is 0 Å². The van der Waals surface area contributed by atoms with E-state index in [0.717, 1.165) is 28.7 Å². The molecule has 0 saturated heterocycles. The van der Waals surface area contributed by atoms with Gasteiger partial charge in [0.1, 0.15) is 35.6 Å². The van der Waals surface area contributed by atoms with Crippen molar-refractivity contribution in [2.24, 2.45) is 0 Å². The number of aryl methyl sites for hydroxylation is 1. The second-order valence-electron chi connectivity index (χ2n) is 7.95. The first kappa shape index (κ1) is 22.6. The average Bonchev–Trinajstić information content (AvgIpc) is 3.23. The number of aromatic nitrogens is 1. The molecule has 0 amide bonds. The van der Waals surface area contributed by atoms with E-state index >= 15 is 0 Å². The number of nitrogens with zero attached hydrogens (tertiary/aromatic N) is 1. The molecule has 0 atom stereocenters. The summed E-state index contributed by atoms with van der Waals surface area (Å²) in [6.45, 7) is 4.81. The Kier molecular flexibility index (Phi) is 6.22. The predicted octanol–water partition coefficient (Wildman–Crippen LogP) is 7.15. The third-order valence-electron chi connectivity index (χ3n) is 5.62. The van der Waals surface area contributed by atoms with Crippen molar-refractivity contribution in [2.45, 2.75) is 32.8 Å². The molecule has 2 aromatic carbocycles. The van der Waals surface area contributed by atoms with Gasteiger partial charge < -0.3 is 9.84 Å². The fourth-order valence-corrected chi connectivity index (χ4v) is 4.03. The van der Waals surface area contributed by atoms with Crippen molar-refractivity contribution in [3.63, 3.8) is 0 Å². The van der Waals surface area contributed by atoms with Gasteiger partial charge in [-0.3, -0.25) is 0 Å². The highest BCUT2D eigenvalue weighted by Crippen LogP contribution is 2.43. The molecule has 0 aliphatic heterocycles. The van der Waals surface area contributed by atoms with Crippen molar-refractivity contribution < 1.29 is 27.4 Å². The fraction of sp³-hybridized carbons (Fsp3) is 0.192. The lowest BCUT2D eigenvalue weighted by atomic mass is 9.95. The number of ether oxygens (including phenoxy) is 1. The van der Waals surface area contributed by atoms with Gasteiger partial charge in [-0.25, -0.2) is 22.5 Å². The predicted molar refractivity (Wildman–Crippen MR) is 118 cm³/mol.